The van der Waals surface area contributed by atoms with Crippen LogP contribution in [0.3, 0.4) is 0 Å². The van der Waals surface area contributed by atoms with Gasteiger partial charge in [-0.2, -0.15) is 5.26 Å². The smallest absolute Gasteiger partial charge is 0.135 e. The van der Waals surface area contributed by atoms with Crippen molar-refractivity contribution in [2.75, 3.05) is 11.4 Å². The van der Waals surface area contributed by atoms with E-state index >= 15 is 0 Å². The maximum Gasteiger partial charge on any atom is 0.135 e. The molecule has 1 aromatic carbocycles. The molecule has 0 unspecified atom stereocenters. The van der Waals surface area contributed by atoms with Crippen molar-refractivity contribution in [3.05, 3.63) is 48.4 Å². The molecule has 0 saturated carbocycles. The fourth-order valence-corrected chi connectivity index (χ4v) is 2.76. The lowest BCUT2D eigenvalue weighted by Crippen LogP contribution is -2.20. The normalized spacial score (nSPS) is 10.7. The number of imidazole rings is 1. The third-order valence-corrected chi connectivity index (χ3v) is 3.98. The predicted molar refractivity (Wildman–Crippen MR) is 91.6 cm³/mol. The minimum absolute atomic E-state index is 0.448. The molecule has 3 rings (SSSR count). The van der Waals surface area contributed by atoms with Gasteiger partial charge in [0.2, 0.25) is 0 Å². The Morgan fingerprint density at radius 2 is 2.09 bits per heavy atom. The molecule has 116 valence electrons. The fraction of sp³-hybridized carbons (Fsp3) is 0.278. The number of rotatable bonds is 5. The van der Waals surface area contributed by atoms with Gasteiger partial charge in [0.05, 0.1) is 30.5 Å². The van der Waals surface area contributed by atoms with Gasteiger partial charge in [-0.05, 0) is 18.1 Å². The van der Waals surface area contributed by atoms with E-state index in [0.29, 0.717) is 13.0 Å². The topological polar surface area (TPSA) is 57.7 Å². The molecule has 0 fully saturated rings. The number of hydrogen-bond acceptors (Lipinski definition) is 4. The van der Waals surface area contributed by atoms with Gasteiger partial charge in [0.15, 0.2) is 0 Å². The van der Waals surface area contributed by atoms with Crippen LogP contribution in [0.4, 0.5) is 11.5 Å². The number of aryl methyl sites for hydroxylation is 2. The number of para-hydroxylation sites is 1. The van der Waals surface area contributed by atoms with Crippen molar-refractivity contribution < 1.29 is 0 Å². The number of benzene rings is 1. The molecule has 23 heavy (non-hydrogen) atoms. The maximum absolute atomic E-state index is 9.01. The quantitative estimate of drug-likeness (QED) is 0.723. The number of nitrogens with zero attached hydrogens (tertiary/aromatic N) is 5. The summed E-state index contributed by atoms with van der Waals surface area (Å²) in [5, 5.41) is 9.01. The Labute approximate surface area is 135 Å². The molecule has 0 aliphatic rings. The molecule has 3 aromatic rings. The summed E-state index contributed by atoms with van der Waals surface area (Å²) in [5.74, 6) is 0.845. The monoisotopic (exact) mass is 305 g/mol. The van der Waals surface area contributed by atoms with Crippen LogP contribution in [0.2, 0.25) is 0 Å². The van der Waals surface area contributed by atoms with E-state index in [1.165, 1.54) is 5.56 Å². The minimum Gasteiger partial charge on any atom is -0.334 e. The Morgan fingerprint density at radius 3 is 2.87 bits per heavy atom. The highest BCUT2D eigenvalue weighted by atomic mass is 15.2. The molecule has 0 aliphatic carbocycles. The van der Waals surface area contributed by atoms with Crippen LogP contribution in [0.1, 0.15) is 18.9 Å². The Balaban J connectivity index is 2.10. The Hall–Kier alpha value is -2.87. The summed E-state index contributed by atoms with van der Waals surface area (Å²) >= 11 is 0. The summed E-state index contributed by atoms with van der Waals surface area (Å²) in [6, 6.07) is 12.5. The first-order valence-corrected chi connectivity index (χ1v) is 7.74. The Kier molecular flexibility index (Phi) is 4.24. The number of aromatic nitrogens is 3. The average Bonchev–Trinajstić information content (AvgIpc) is 2.96. The van der Waals surface area contributed by atoms with E-state index in [-0.39, 0.29) is 0 Å². The van der Waals surface area contributed by atoms with E-state index < -0.39 is 0 Å². The lowest BCUT2D eigenvalue weighted by molar-refractivity contribution is 0.913. The first kappa shape index (κ1) is 15.0. The summed E-state index contributed by atoms with van der Waals surface area (Å²) < 4.78 is 1.98. The van der Waals surface area contributed by atoms with Gasteiger partial charge in [0, 0.05) is 25.3 Å². The van der Waals surface area contributed by atoms with Crippen LogP contribution in [0, 0.1) is 11.3 Å². The lowest BCUT2D eigenvalue weighted by Gasteiger charge is -2.25. The van der Waals surface area contributed by atoms with Gasteiger partial charge in [-0.3, -0.25) is 0 Å². The Morgan fingerprint density at radius 1 is 1.26 bits per heavy atom. The number of fused-ring (bicyclic) bond motifs is 1. The van der Waals surface area contributed by atoms with Gasteiger partial charge in [0.25, 0.3) is 0 Å². The summed E-state index contributed by atoms with van der Waals surface area (Å²) in [6.45, 7) is 2.75. The third-order valence-electron chi connectivity index (χ3n) is 3.98. The standard InChI is InChI=1S/C18H19N5/c1-3-14-7-4-5-8-16(14)23(10-6-9-19)18-11-17-15(12-20-18)21-13-22(17)2/h4-5,7-8,11-13H,3,6,10H2,1-2H3. The third kappa shape index (κ3) is 2.88. The summed E-state index contributed by atoms with van der Waals surface area (Å²) in [5.41, 5.74) is 4.27. The van der Waals surface area contributed by atoms with E-state index in [0.717, 1.165) is 29.0 Å². The zero-order chi connectivity index (χ0) is 16.2. The zero-order valence-electron chi connectivity index (χ0n) is 13.4. The van der Waals surface area contributed by atoms with Crippen LogP contribution in [0.15, 0.2) is 42.9 Å². The molecule has 0 atom stereocenters. The molecule has 0 radical (unpaired) electrons. The molecule has 5 heteroatoms. The molecular formula is C18H19N5. The van der Waals surface area contributed by atoms with Crippen molar-refractivity contribution >= 4 is 22.5 Å². The van der Waals surface area contributed by atoms with Crippen molar-refractivity contribution in [3.63, 3.8) is 0 Å². The van der Waals surface area contributed by atoms with Gasteiger partial charge in [-0.1, -0.05) is 25.1 Å². The van der Waals surface area contributed by atoms with Crippen LogP contribution >= 0.6 is 0 Å². The van der Waals surface area contributed by atoms with Gasteiger partial charge < -0.3 is 9.47 Å². The highest BCUT2D eigenvalue weighted by molar-refractivity contribution is 5.79. The lowest BCUT2D eigenvalue weighted by atomic mass is 10.1. The summed E-state index contributed by atoms with van der Waals surface area (Å²) in [4.78, 5) is 11.0. The molecule has 2 heterocycles. The summed E-state index contributed by atoms with van der Waals surface area (Å²) in [6.07, 6.45) is 4.96. The molecule has 0 amide bonds. The van der Waals surface area contributed by atoms with E-state index in [2.05, 4.69) is 40.0 Å². The molecule has 0 aliphatic heterocycles. The van der Waals surface area contributed by atoms with E-state index in [9.17, 15) is 0 Å². The van der Waals surface area contributed by atoms with E-state index in [1.54, 1.807) is 12.5 Å². The molecule has 0 saturated heterocycles. The van der Waals surface area contributed by atoms with E-state index in [1.807, 2.05) is 29.8 Å². The zero-order valence-corrected chi connectivity index (χ0v) is 13.4. The number of hydrogen-bond donors (Lipinski definition) is 0. The van der Waals surface area contributed by atoms with Crippen molar-refractivity contribution in [2.24, 2.45) is 7.05 Å². The fourth-order valence-electron chi connectivity index (χ4n) is 2.76. The SMILES string of the molecule is CCc1ccccc1N(CCC#N)c1cc2c(cn1)ncn2C. The van der Waals surface area contributed by atoms with Gasteiger partial charge in [-0.25, -0.2) is 9.97 Å². The second-order valence-electron chi connectivity index (χ2n) is 5.43. The van der Waals surface area contributed by atoms with Gasteiger partial charge in [0.1, 0.15) is 11.3 Å². The largest absolute Gasteiger partial charge is 0.334 e. The molecular weight excluding hydrogens is 286 g/mol. The van der Waals surface area contributed by atoms with Crippen LogP contribution in [0.25, 0.3) is 11.0 Å². The number of anilines is 2. The molecule has 5 nitrogen and oxygen atoms in total. The van der Waals surface area contributed by atoms with Crippen LogP contribution in [-0.2, 0) is 13.5 Å². The van der Waals surface area contributed by atoms with Crippen molar-refractivity contribution in [3.8, 4) is 6.07 Å². The highest BCUT2D eigenvalue weighted by Gasteiger charge is 2.15. The number of pyridine rings is 1. The van der Waals surface area contributed by atoms with Crippen molar-refractivity contribution in [1.82, 2.24) is 14.5 Å². The van der Waals surface area contributed by atoms with Crippen molar-refractivity contribution in [1.29, 1.82) is 5.26 Å². The first-order valence-electron chi connectivity index (χ1n) is 7.74. The second kappa shape index (κ2) is 6.49. The molecule has 0 N–H and O–H groups in total. The van der Waals surface area contributed by atoms with Crippen LogP contribution in [0.5, 0.6) is 0 Å². The van der Waals surface area contributed by atoms with Crippen LogP contribution in [-0.4, -0.2) is 21.1 Å². The number of nitriles is 1. The molecule has 2 aromatic heterocycles. The average molecular weight is 305 g/mol. The van der Waals surface area contributed by atoms with Crippen LogP contribution < -0.4 is 4.90 Å². The molecule has 0 bridgehead atoms. The molecule has 0 spiro atoms. The maximum atomic E-state index is 9.01. The highest BCUT2D eigenvalue weighted by Crippen LogP contribution is 2.29. The summed E-state index contributed by atoms with van der Waals surface area (Å²) in [7, 11) is 1.97. The van der Waals surface area contributed by atoms with E-state index in [4.69, 9.17) is 5.26 Å². The predicted octanol–water partition coefficient (Wildman–Crippen LogP) is 3.58. The second-order valence-corrected chi connectivity index (χ2v) is 5.43. The van der Waals surface area contributed by atoms with Gasteiger partial charge >= 0.3 is 0 Å². The first-order chi connectivity index (χ1) is 11.2. The van der Waals surface area contributed by atoms with Gasteiger partial charge in [-0.15, -0.1) is 0 Å². The van der Waals surface area contributed by atoms with Crippen molar-refractivity contribution in [2.45, 2.75) is 19.8 Å². The minimum atomic E-state index is 0.448. The Bertz CT molecular complexity index is 859.